The van der Waals surface area contributed by atoms with Crippen LogP contribution in [0, 0.1) is 20.2 Å². The highest BCUT2D eigenvalue weighted by Crippen LogP contribution is 2.28. The summed E-state index contributed by atoms with van der Waals surface area (Å²) in [6, 6.07) is 8.42. The Labute approximate surface area is 167 Å². The zero-order chi connectivity index (χ0) is 21.5. The van der Waals surface area contributed by atoms with E-state index < -0.39 is 21.4 Å². The molecule has 0 saturated heterocycles. The van der Waals surface area contributed by atoms with Crippen molar-refractivity contribution in [2.45, 2.75) is 0 Å². The fourth-order valence-electron chi connectivity index (χ4n) is 2.22. The van der Waals surface area contributed by atoms with Gasteiger partial charge in [-0.1, -0.05) is 0 Å². The number of non-ortho nitro benzene ring substituents is 1. The van der Waals surface area contributed by atoms with Gasteiger partial charge in [-0.15, -0.1) is 0 Å². The number of amides is 1. The molecule has 0 atom stereocenters. The predicted molar refractivity (Wildman–Crippen MR) is 104 cm³/mol. The lowest BCUT2D eigenvalue weighted by atomic mass is 10.3. The summed E-state index contributed by atoms with van der Waals surface area (Å²) in [5.74, 6) is -1.04. The lowest BCUT2D eigenvalue weighted by molar-refractivity contribution is -0.384. The molecule has 14 nitrogen and oxygen atoms in total. The number of nitrogens with zero attached hydrogens (tertiary/aromatic N) is 5. The van der Waals surface area contributed by atoms with Crippen LogP contribution in [-0.4, -0.2) is 30.7 Å². The zero-order valence-corrected chi connectivity index (χ0v) is 15.0. The van der Waals surface area contributed by atoms with Crippen LogP contribution in [0.2, 0.25) is 0 Å². The Bertz CT molecular complexity index is 1080. The number of aromatic nitrogens is 3. The van der Waals surface area contributed by atoms with E-state index in [0.717, 1.165) is 6.33 Å². The number of anilines is 3. The maximum absolute atomic E-state index is 12.1. The van der Waals surface area contributed by atoms with Crippen LogP contribution >= 0.6 is 0 Å². The topological polar surface area (TPSA) is 190 Å². The van der Waals surface area contributed by atoms with E-state index in [1.807, 2.05) is 0 Å². The van der Waals surface area contributed by atoms with E-state index in [1.165, 1.54) is 42.7 Å². The van der Waals surface area contributed by atoms with Crippen LogP contribution in [0.4, 0.5) is 28.7 Å². The van der Waals surface area contributed by atoms with Gasteiger partial charge in [0.25, 0.3) is 11.6 Å². The zero-order valence-electron chi connectivity index (χ0n) is 15.0. The molecule has 1 aromatic carbocycles. The molecule has 2 aromatic heterocycles. The molecule has 0 spiro atoms. The minimum atomic E-state index is -0.738. The van der Waals surface area contributed by atoms with Gasteiger partial charge in [0.05, 0.1) is 21.1 Å². The molecular weight excluding hydrogens is 398 g/mol. The van der Waals surface area contributed by atoms with Crippen LogP contribution < -0.4 is 21.7 Å². The maximum Gasteiger partial charge on any atom is 0.356 e. The minimum Gasteiger partial charge on any atom is -0.299 e. The van der Waals surface area contributed by atoms with E-state index in [4.69, 9.17) is 0 Å². The van der Waals surface area contributed by atoms with Crippen molar-refractivity contribution in [3.8, 4) is 0 Å². The molecule has 0 unspecified atom stereocenters. The van der Waals surface area contributed by atoms with Crippen LogP contribution in [0.5, 0.6) is 0 Å². The summed E-state index contributed by atoms with van der Waals surface area (Å²) in [6.07, 6.45) is 3.87. The predicted octanol–water partition coefficient (Wildman–Crippen LogP) is 1.88. The second-order valence-corrected chi connectivity index (χ2v) is 5.55. The molecule has 4 N–H and O–H groups in total. The van der Waals surface area contributed by atoms with Crippen molar-refractivity contribution < 1.29 is 14.6 Å². The highest BCUT2D eigenvalue weighted by Gasteiger charge is 2.23. The molecule has 0 bridgehead atoms. The number of hydrogen-bond acceptors (Lipinski definition) is 11. The first-order valence-corrected chi connectivity index (χ1v) is 8.18. The van der Waals surface area contributed by atoms with Crippen molar-refractivity contribution >= 4 is 34.6 Å². The Morgan fingerprint density at radius 3 is 2.20 bits per heavy atom. The van der Waals surface area contributed by atoms with Crippen LogP contribution in [0.15, 0.2) is 55.1 Å². The number of hydrogen-bond donors (Lipinski definition) is 4. The van der Waals surface area contributed by atoms with Gasteiger partial charge in [0.1, 0.15) is 6.33 Å². The van der Waals surface area contributed by atoms with Gasteiger partial charge in [-0.25, -0.2) is 9.97 Å². The van der Waals surface area contributed by atoms with Crippen molar-refractivity contribution in [1.29, 1.82) is 0 Å². The molecule has 0 aliphatic rings. The van der Waals surface area contributed by atoms with Gasteiger partial charge in [0.15, 0.2) is 0 Å². The molecular formula is C16H13N9O5. The van der Waals surface area contributed by atoms with Crippen LogP contribution in [0.25, 0.3) is 0 Å². The number of carbonyl (C=O) groups excluding carboxylic acids is 1. The third kappa shape index (κ3) is 4.69. The highest BCUT2D eigenvalue weighted by atomic mass is 16.6. The van der Waals surface area contributed by atoms with Crippen molar-refractivity contribution in [2.24, 2.45) is 0 Å². The van der Waals surface area contributed by atoms with Gasteiger partial charge in [-0.3, -0.25) is 51.7 Å². The standard InChI is InChI=1S/C16H13N9O5/c26-16(10-2-1-7-17-8-10)23-22-15-13(25(29)30)14(18-9-19-15)21-20-11-3-5-12(6-4-11)24(27)28/h1-9,20H,(H,23,26)(H2,18,19,21,22). The Morgan fingerprint density at radius 2 is 1.60 bits per heavy atom. The number of benzene rings is 1. The van der Waals surface area contributed by atoms with Gasteiger partial charge in [0, 0.05) is 24.5 Å². The summed E-state index contributed by atoms with van der Waals surface area (Å²) >= 11 is 0. The van der Waals surface area contributed by atoms with E-state index in [-0.39, 0.29) is 22.9 Å². The summed E-state index contributed by atoms with van der Waals surface area (Å²) in [5, 5.41) is 22.2. The second-order valence-electron chi connectivity index (χ2n) is 5.55. The number of carbonyl (C=O) groups is 1. The number of pyridine rings is 1. The van der Waals surface area contributed by atoms with Crippen molar-refractivity contribution in [1.82, 2.24) is 20.4 Å². The molecule has 0 radical (unpaired) electrons. The minimum absolute atomic E-state index is 0.107. The van der Waals surface area contributed by atoms with Crippen molar-refractivity contribution in [2.75, 3.05) is 16.3 Å². The Balaban J connectivity index is 1.73. The molecule has 14 heteroatoms. The van der Waals surface area contributed by atoms with Gasteiger partial charge < -0.3 is 0 Å². The third-order valence-electron chi connectivity index (χ3n) is 3.63. The SMILES string of the molecule is O=C(NNc1ncnc(NNc2ccc([N+](=O)[O-])cc2)c1[N+](=O)[O-])c1cccnc1. The second kappa shape index (κ2) is 8.87. The summed E-state index contributed by atoms with van der Waals surface area (Å²) in [7, 11) is 0. The Hall–Kier alpha value is -4.88. The monoisotopic (exact) mass is 411 g/mol. The third-order valence-corrected chi connectivity index (χ3v) is 3.63. The lowest BCUT2D eigenvalue weighted by Gasteiger charge is -2.12. The maximum atomic E-state index is 12.1. The highest BCUT2D eigenvalue weighted by molar-refractivity contribution is 5.94. The van der Waals surface area contributed by atoms with Gasteiger partial charge in [0.2, 0.25) is 11.6 Å². The molecule has 3 rings (SSSR count). The smallest absolute Gasteiger partial charge is 0.299 e. The lowest BCUT2D eigenvalue weighted by Crippen LogP contribution is -2.30. The van der Waals surface area contributed by atoms with E-state index in [0.29, 0.717) is 5.69 Å². The first-order chi connectivity index (χ1) is 14.5. The summed E-state index contributed by atoms with van der Waals surface area (Å²) in [6.45, 7) is 0. The van der Waals surface area contributed by atoms with Crippen molar-refractivity contribution in [3.05, 3.63) is 80.9 Å². The molecule has 30 heavy (non-hydrogen) atoms. The number of nitro groups is 2. The number of nitrogens with one attached hydrogen (secondary N) is 4. The van der Waals surface area contributed by atoms with E-state index in [1.54, 1.807) is 6.07 Å². The number of hydrazine groups is 2. The van der Waals surface area contributed by atoms with E-state index in [2.05, 4.69) is 36.7 Å². The molecule has 1 amide bonds. The number of nitro benzene ring substituents is 1. The van der Waals surface area contributed by atoms with Gasteiger partial charge >= 0.3 is 5.69 Å². The average Bonchev–Trinajstić information content (AvgIpc) is 2.76. The molecule has 0 aliphatic heterocycles. The molecule has 0 fully saturated rings. The van der Waals surface area contributed by atoms with Crippen molar-refractivity contribution in [3.63, 3.8) is 0 Å². The fourth-order valence-corrected chi connectivity index (χ4v) is 2.22. The first-order valence-electron chi connectivity index (χ1n) is 8.18. The molecule has 152 valence electrons. The average molecular weight is 411 g/mol. The molecule has 0 aliphatic carbocycles. The molecule has 2 heterocycles. The largest absolute Gasteiger partial charge is 0.356 e. The fraction of sp³-hybridized carbons (Fsp3) is 0. The van der Waals surface area contributed by atoms with Gasteiger partial charge in [-0.2, -0.15) is 0 Å². The van der Waals surface area contributed by atoms with Crippen LogP contribution in [0.1, 0.15) is 10.4 Å². The normalized spacial score (nSPS) is 10.0. The summed E-state index contributed by atoms with van der Waals surface area (Å²) < 4.78 is 0. The van der Waals surface area contributed by atoms with E-state index >= 15 is 0 Å². The Kier molecular flexibility index (Phi) is 5.88. The molecule has 3 aromatic rings. The van der Waals surface area contributed by atoms with Crippen LogP contribution in [-0.2, 0) is 0 Å². The van der Waals surface area contributed by atoms with Gasteiger partial charge in [-0.05, 0) is 24.3 Å². The number of rotatable bonds is 8. The molecule has 0 saturated carbocycles. The summed E-state index contributed by atoms with van der Waals surface area (Å²) in [5.41, 5.74) is 9.86. The van der Waals surface area contributed by atoms with E-state index in [9.17, 15) is 25.0 Å². The van der Waals surface area contributed by atoms with Crippen LogP contribution in [0.3, 0.4) is 0 Å². The quantitative estimate of drug-likeness (QED) is 0.312. The first kappa shape index (κ1) is 19.9. The Morgan fingerprint density at radius 1 is 0.900 bits per heavy atom. The summed E-state index contributed by atoms with van der Waals surface area (Å²) in [4.78, 5) is 44.4.